The summed E-state index contributed by atoms with van der Waals surface area (Å²) in [5, 5.41) is 20.4. The zero-order valence-electron chi connectivity index (χ0n) is 36.5. The number of esters is 2. The Labute approximate surface area is 357 Å². The third-order valence-corrected chi connectivity index (χ3v) is 12.0. The van der Waals surface area contributed by atoms with Gasteiger partial charge in [-0.3, -0.25) is 0 Å². The molecule has 0 atom stereocenters. The summed E-state index contributed by atoms with van der Waals surface area (Å²) < 4.78 is 49.9. The standard InChI is InChI=1S/C51H68F2O7/c1-7-9-10-13-37-16-18-38(19-17-37)39-20-22-40(23-21-39)43-31-45(52)47(46(53)32-43)44-29-41(14-11-26-59-49(56)35(3)4)48(58-28-25-51(33-54,34-55)24-8-2)42(30-44)15-12-27-60-50(57)36(5)6/h20-23,29-32,37-38,54-55H,3,5,7-19,24-28,33-34H2,1-2,4,6H3. The summed E-state index contributed by atoms with van der Waals surface area (Å²) in [5.74, 6) is -0.606. The highest BCUT2D eigenvalue weighted by Gasteiger charge is 2.29. The van der Waals surface area contributed by atoms with Gasteiger partial charge in [-0.05, 0) is 148 Å². The van der Waals surface area contributed by atoms with E-state index in [0.29, 0.717) is 72.4 Å². The maximum Gasteiger partial charge on any atom is 0.333 e. The van der Waals surface area contributed by atoms with Gasteiger partial charge in [0, 0.05) is 16.6 Å². The molecule has 0 heterocycles. The summed E-state index contributed by atoms with van der Waals surface area (Å²) in [6.07, 6.45) is 13.2. The molecule has 60 heavy (non-hydrogen) atoms. The molecule has 3 aromatic rings. The lowest BCUT2D eigenvalue weighted by molar-refractivity contribution is -0.139. The van der Waals surface area contributed by atoms with Gasteiger partial charge in [0.2, 0.25) is 0 Å². The van der Waals surface area contributed by atoms with Crippen LogP contribution >= 0.6 is 0 Å². The molecule has 3 aromatic carbocycles. The maximum absolute atomic E-state index is 16.3. The second-order valence-corrected chi connectivity index (χ2v) is 17.0. The molecule has 1 aliphatic carbocycles. The lowest BCUT2D eigenvalue weighted by Gasteiger charge is -2.30. The first-order chi connectivity index (χ1) is 28.8. The monoisotopic (exact) mass is 830 g/mol. The highest BCUT2D eigenvalue weighted by molar-refractivity contribution is 5.87. The maximum atomic E-state index is 16.3. The molecule has 0 radical (unpaired) electrons. The minimum Gasteiger partial charge on any atom is -0.493 e. The number of aliphatic hydroxyl groups excluding tert-OH is 2. The van der Waals surface area contributed by atoms with Crippen molar-refractivity contribution >= 4 is 11.9 Å². The number of carbonyl (C=O) groups excluding carboxylic acids is 2. The highest BCUT2D eigenvalue weighted by Crippen LogP contribution is 2.40. The molecule has 2 N–H and O–H groups in total. The lowest BCUT2D eigenvalue weighted by atomic mass is 9.77. The number of benzene rings is 3. The van der Waals surface area contributed by atoms with Crippen LogP contribution in [0.4, 0.5) is 8.78 Å². The summed E-state index contributed by atoms with van der Waals surface area (Å²) in [5.41, 5.74) is 3.72. The van der Waals surface area contributed by atoms with E-state index in [9.17, 15) is 19.8 Å². The van der Waals surface area contributed by atoms with Gasteiger partial charge in [0.25, 0.3) is 0 Å². The molecule has 1 fully saturated rings. The van der Waals surface area contributed by atoms with Gasteiger partial charge in [-0.15, -0.1) is 0 Å². The number of aliphatic hydroxyl groups is 2. The Bertz CT molecular complexity index is 1790. The number of halogens is 2. The topological polar surface area (TPSA) is 102 Å². The molecular weight excluding hydrogens is 763 g/mol. The minimum atomic E-state index is -0.732. The number of ether oxygens (including phenoxy) is 3. The van der Waals surface area contributed by atoms with Gasteiger partial charge in [0.1, 0.15) is 17.4 Å². The van der Waals surface area contributed by atoms with Crippen molar-refractivity contribution in [2.75, 3.05) is 33.0 Å². The average molecular weight is 831 g/mol. The van der Waals surface area contributed by atoms with Gasteiger partial charge >= 0.3 is 11.9 Å². The number of carbonyl (C=O) groups is 2. The van der Waals surface area contributed by atoms with Crippen LogP contribution in [0.15, 0.2) is 72.8 Å². The van der Waals surface area contributed by atoms with Crippen LogP contribution in [-0.2, 0) is 31.9 Å². The molecule has 4 rings (SSSR count). The number of hydrogen-bond donors (Lipinski definition) is 2. The fourth-order valence-corrected chi connectivity index (χ4v) is 8.38. The summed E-state index contributed by atoms with van der Waals surface area (Å²) in [7, 11) is 0. The molecular formula is C51H68F2O7. The Morgan fingerprint density at radius 3 is 1.73 bits per heavy atom. The lowest BCUT2D eigenvalue weighted by Crippen LogP contribution is -2.31. The summed E-state index contributed by atoms with van der Waals surface area (Å²) >= 11 is 0. The van der Waals surface area contributed by atoms with Crippen LogP contribution in [0.1, 0.15) is 134 Å². The van der Waals surface area contributed by atoms with E-state index in [4.69, 9.17) is 14.2 Å². The molecule has 0 amide bonds. The van der Waals surface area contributed by atoms with Crippen LogP contribution in [-0.4, -0.2) is 55.2 Å². The van der Waals surface area contributed by atoms with Crippen molar-refractivity contribution in [1.82, 2.24) is 0 Å². The van der Waals surface area contributed by atoms with Gasteiger partial charge < -0.3 is 24.4 Å². The van der Waals surface area contributed by atoms with Crippen LogP contribution in [0, 0.1) is 23.0 Å². The van der Waals surface area contributed by atoms with E-state index in [1.165, 1.54) is 69.1 Å². The predicted octanol–water partition coefficient (Wildman–Crippen LogP) is 11.8. The first kappa shape index (κ1) is 48.3. The number of hydrogen-bond acceptors (Lipinski definition) is 7. The van der Waals surface area contributed by atoms with Crippen molar-refractivity contribution in [3.63, 3.8) is 0 Å². The molecule has 1 aliphatic rings. The van der Waals surface area contributed by atoms with Crippen molar-refractivity contribution < 1.29 is 42.8 Å². The van der Waals surface area contributed by atoms with Crippen molar-refractivity contribution in [2.24, 2.45) is 11.3 Å². The molecule has 0 aromatic heterocycles. The zero-order chi connectivity index (χ0) is 43.7. The molecule has 0 aliphatic heterocycles. The molecule has 0 unspecified atom stereocenters. The van der Waals surface area contributed by atoms with E-state index in [2.05, 4.69) is 32.2 Å². The van der Waals surface area contributed by atoms with Gasteiger partial charge in [-0.1, -0.05) is 83.4 Å². The second kappa shape index (κ2) is 24.2. The van der Waals surface area contributed by atoms with E-state index < -0.39 is 29.0 Å². The normalized spacial score (nSPS) is 15.4. The van der Waals surface area contributed by atoms with Crippen LogP contribution in [0.3, 0.4) is 0 Å². The van der Waals surface area contributed by atoms with Gasteiger partial charge in [-0.25, -0.2) is 18.4 Å². The molecule has 7 nitrogen and oxygen atoms in total. The van der Waals surface area contributed by atoms with Crippen molar-refractivity contribution in [3.05, 3.63) is 101 Å². The first-order valence-corrected chi connectivity index (χ1v) is 22.1. The van der Waals surface area contributed by atoms with Crippen LogP contribution < -0.4 is 4.74 Å². The Morgan fingerprint density at radius 2 is 1.25 bits per heavy atom. The number of aryl methyl sites for hydroxylation is 2. The highest BCUT2D eigenvalue weighted by atomic mass is 19.1. The fourth-order valence-electron chi connectivity index (χ4n) is 8.38. The zero-order valence-corrected chi connectivity index (χ0v) is 36.5. The third-order valence-electron chi connectivity index (χ3n) is 12.0. The van der Waals surface area contributed by atoms with E-state index in [-0.39, 0.29) is 49.7 Å². The van der Waals surface area contributed by atoms with Gasteiger partial charge in [0.05, 0.1) is 38.6 Å². The summed E-state index contributed by atoms with van der Waals surface area (Å²) in [4.78, 5) is 24.3. The van der Waals surface area contributed by atoms with Crippen molar-refractivity contribution in [3.8, 4) is 28.0 Å². The Balaban J connectivity index is 1.65. The average Bonchev–Trinajstić information content (AvgIpc) is 3.24. The van der Waals surface area contributed by atoms with E-state index in [0.717, 1.165) is 17.9 Å². The number of rotatable bonds is 25. The second-order valence-electron chi connectivity index (χ2n) is 17.0. The van der Waals surface area contributed by atoms with Crippen LogP contribution in [0.2, 0.25) is 0 Å². The van der Waals surface area contributed by atoms with E-state index in [1.807, 2.05) is 19.1 Å². The number of unbranched alkanes of at least 4 members (excludes halogenated alkanes) is 2. The fraction of sp³-hybridized carbons (Fsp3) is 0.529. The molecule has 0 saturated heterocycles. The predicted molar refractivity (Wildman–Crippen MR) is 236 cm³/mol. The van der Waals surface area contributed by atoms with E-state index in [1.54, 1.807) is 26.0 Å². The Hall–Kier alpha value is -4.34. The SMILES string of the molecule is C=C(C)C(=O)OCCCc1cc(-c2c(F)cc(-c3ccc(C4CCC(CCCCC)CC4)cc3)cc2F)cc(CCCOC(=O)C(=C)C)c1OCCC(CO)(CO)CCC. The molecule has 0 bridgehead atoms. The van der Waals surface area contributed by atoms with Crippen molar-refractivity contribution in [2.45, 2.75) is 130 Å². The third kappa shape index (κ3) is 13.8. The largest absolute Gasteiger partial charge is 0.493 e. The van der Waals surface area contributed by atoms with Gasteiger partial charge in [0.15, 0.2) is 0 Å². The smallest absolute Gasteiger partial charge is 0.333 e. The van der Waals surface area contributed by atoms with Crippen molar-refractivity contribution in [1.29, 1.82) is 0 Å². The molecule has 9 heteroatoms. The van der Waals surface area contributed by atoms with Gasteiger partial charge in [-0.2, -0.15) is 0 Å². The molecule has 0 spiro atoms. The Morgan fingerprint density at radius 1 is 0.700 bits per heavy atom. The van der Waals surface area contributed by atoms with Crippen LogP contribution in [0.25, 0.3) is 22.3 Å². The molecule has 328 valence electrons. The molecule has 1 saturated carbocycles. The minimum absolute atomic E-state index is 0.0900. The van der Waals surface area contributed by atoms with E-state index >= 15 is 8.78 Å². The Kier molecular flexibility index (Phi) is 19.5. The quantitative estimate of drug-likeness (QED) is 0.0498. The summed E-state index contributed by atoms with van der Waals surface area (Å²) in [6, 6.07) is 14.3. The van der Waals surface area contributed by atoms with Crippen LogP contribution in [0.5, 0.6) is 5.75 Å². The summed E-state index contributed by atoms with van der Waals surface area (Å²) in [6.45, 7) is 14.6. The first-order valence-electron chi connectivity index (χ1n) is 22.1.